The molecule has 0 radical (unpaired) electrons. The van der Waals surface area contributed by atoms with E-state index >= 15 is 0 Å². The molecule has 5 N–H and O–H groups in total. The van der Waals surface area contributed by atoms with Crippen molar-refractivity contribution in [2.45, 2.75) is 97.9 Å². The lowest BCUT2D eigenvalue weighted by Crippen LogP contribution is -2.54. The molecule has 0 aliphatic rings. The molecule has 0 fully saturated rings. The van der Waals surface area contributed by atoms with Crippen LogP contribution in [0.1, 0.15) is 73.3 Å². The van der Waals surface area contributed by atoms with Crippen LogP contribution in [0.2, 0.25) is 0 Å². The Morgan fingerprint density at radius 1 is 0.825 bits per heavy atom. The Hall–Kier alpha value is -3.63. The van der Waals surface area contributed by atoms with Gasteiger partial charge in [-0.25, -0.2) is 4.79 Å². The third-order valence-electron chi connectivity index (χ3n) is 5.61. The first kappa shape index (κ1) is 34.4. The van der Waals surface area contributed by atoms with E-state index in [0.717, 1.165) is 12.0 Å². The Kier molecular flexibility index (Phi) is 14.7. The Labute approximate surface area is 237 Å². The Balaban J connectivity index is 2.87. The quantitative estimate of drug-likeness (QED) is 0.221. The predicted octanol–water partition coefficient (Wildman–Crippen LogP) is 2.19. The van der Waals surface area contributed by atoms with Crippen LogP contribution in [0.15, 0.2) is 30.3 Å². The summed E-state index contributed by atoms with van der Waals surface area (Å²) in [5, 5.41) is 13.3. The molecule has 0 aromatic heterocycles. The Morgan fingerprint density at radius 3 is 2.05 bits per heavy atom. The van der Waals surface area contributed by atoms with Gasteiger partial charge < -0.3 is 31.3 Å². The number of rotatable bonds is 15. The van der Waals surface area contributed by atoms with Gasteiger partial charge in [-0.2, -0.15) is 0 Å². The number of alkyl carbamates (subject to hydrolysis) is 1. The van der Waals surface area contributed by atoms with Gasteiger partial charge in [-0.15, -0.1) is 0 Å². The van der Waals surface area contributed by atoms with E-state index in [1.54, 1.807) is 27.7 Å². The molecule has 11 nitrogen and oxygen atoms in total. The average molecular weight is 562 g/mol. The first-order valence-electron chi connectivity index (χ1n) is 13.9. The summed E-state index contributed by atoms with van der Waals surface area (Å²) in [5.74, 6) is -1.42. The molecule has 0 aliphatic carbocycles. The van der Waals surface area contributed by atoms with Gasteiger partial charge in [0.1, 0.15) is 17.7 Å². The van der Waals surface area contributed by atoms with E-state index in [1.807, 2.05) is 37.3 Å². The van der Waals surface area contributed by atoms with Crippen molar-refractivity contribution in [2.75, 3.05) is 13.1 Å². The normalized spacial score (nSPS) is 13.4. The molecular weight excluding hydrogens is 514 g/mol. The number of amides is 5. The molecule has 5 amide bonds. The van der Waals surface area contributed by atoms with Gasteiger partial charge in [0.2, 0.25) is 23.6 Å². The molecular formula is C29H47N5O6. The summed E-state index contributed by atoms with van der Waals surface area (Å²) in [4.78, 5) is 63.0. The molecule has 0 spiro atoms. The average Bonchev–Trinajstić information content (AvgIpc) is 2.83. The fourth-order valence-electron chi connectivity index (χ4n) is 3.98. The molecule has 1 rings (SSSR count). The smallest absolute Gasteiger partial charge is 0.408 e. The SMILES string of the molecule is CCNC(=O)CCC(NC(=O)OC(C)(C)C)C(=O)NCC(=O)NC(Cc1ccccc1)C(=O)NC(C)CC(C)C. The fourth-order valence-corrected chi connectivity index (χ4v) is 3.98. The molecule has 3 unspecified atom stereocenters. The topological polar surface area (TPSA) is 155 Å². The van der Waals surface area contributed by atoms with Crippen LogP contribution < -0.4 is 26.6 Å². The molecule has 0 heterocycles. The van der Waals surface area contributed by atoms with Gasteiger partial charge in [0.05, 0.1) is 6.54 Å². The minimum absolute atomic E-state index is 0.00526. The molecule has 3 atom stereocenters. The second kappa shape index (κ2) is 17.1. The van der Waals surface area contributed by atoms with Crippen molar-refractivity contribution in [3.8, 4) is 0 Å². The maximum atomic E-state index is 13.0. The van der Waals surface area contributed by atoms with Crippen LogP contribution in [0.3, 0.4) is 0 Å². The summed E-state index contributed by atoms with van der Waals surface area (Å²) in [6, 6.07) is 7.28. The molecule has 1 aromatic rings. The van der Waals surface area contributed by atoms with Crippen LogP contribution in [0.5, 0.6) is 0 Å². The van der Waals surface area contributed by atoms with E-state index < -0.39 is 42.1 Å². The molecule has 1 aromatic carbocycles. The zero-order valence-corrected chi connectivity index (χ0v) is 24.9. The van der Waals surface area contributed by atoms with Crippen LogP contribution in [-0.2, 0) is 30.3 Å². The number of benzene rings is 1. The highest BCUT2D eigenvalue weighted by atomic mass is 16.6. The minimum Gasteiger partial charge on any atom is -0.444 e. The van der Waals surface area contributed by atoms with E-state index in [-0.39, 0.29) is 37.1 Å². The fraction of sp³-hybridized carbons (Fsp3) is 0.621. The highest BCUT2D eigenvalue weighted by Crippen LogP contribution is 2.09. The number of nitrogens with one attached hydrogen (secondary N) is 5. The summed E-state index contributed by atoms with van der Waals surface area (Å²) in [6.45, 7) is 12.9. The number of carbonyl (C=O) groups excluding carboxylic acids is 5. The van der Waals surface area contributed by atoms with Crippen LogP contribution in [0.4, 0.5) is 4.79 Å². The van der Waals surface area contributed by atoms with Crippen molar-refractivity contribution in [3.05, 3.63) is 35.9 Å². The maximum absolute atomic E-state index is 13.0. The monoisotopic (exact) mass is 561 g/mol. The Morgan fingerprint density at radius 2 is 1.48 bits per heavy atom. The molecule has 0 bridgehead atoms. The molecule has 40 heavy (non-hydrogen) atoms. The lowest BCUT2D eigenvalue weighted by atomic mass is 10.0. The first-order chi connectivity index (χ1) is 18.7. The van der Waals surface area contributed by atoms with Crippen molar-refractivity contribution < 1.29 is 28.7 Å². The third-order valence-corrected chi connectivity index (χ3v) is 5.61. The first-order valence-corrected chi connectivity index (χ1v) is 13.9. The van der Waals surface area contributed by atoms with Gasteiger partial charge in [-0.3, -0.25) is 19.2 Å². The molecule has 11 heteroatoms. The zero-order valence-electron chi connectivity index (χ0n) is 24.9. The maximum Gasteiger partial charge on any atom is 0.408 e. The summed E-state index contributed by atoms with van der Waals surface area (Å²) in [5.41, 5.74) is 0.0847. The van der Waals surface area contributed by atoms with Gasteiger partial charge in [0.25, 0.3) is 0 Å². The number of ether oxygens (including phenoxy) is 1. The largest absolute Gasteiger partial charge is 0.444 e. The molecule has 0 saturated carbocycles. The summed E-state index contributed by atoms with van der Waals surface area (Å²) >= 11 is 0. The van der Waals surface area contributed by atoms with Crippen LogP contribution in [0.25, 0.3) is 0 Å². The second-order valence-electron chi connectivity index (χ2n) is 11.3. The third kappa shape index (κ3) is 15.1. The second-order valence-corrected chi connectivity index (χ2v) is 11.3. The molecule has 0 aliphatic heterocycles. The molecule has 0 saturated heterocycles. The van der Waals surface area contributed by atoms with Crippen molar-refractivity contribution in [1.82, 2.24) is 26.6 Å². The van der Waals surface area contributed by atoms with Crippen LogP contribution in [0, 0.1) is 5.92 Å². The van der Waals surface area contributed by atoms with Crippen LogP contribution >= 0.6 is 0 Å². The molecule has 224 valence electrons. The summed E-state index contributed by atoms with van der Waals surface area (Å²) in [6.07, 6.45) is 0.238. The van der Waals surface area contributed by atoms with Gasteiger partial charge in [-0.1, -0.05) is 44.2 Å². The lowest BCUT2D eigenvalue weighted by Gasteiger charge is -2.24. The van der Waals surface area contributed by atoms with Crippen molar-refractivity contribution >= 4 is 29.7 Å². The van der Waals surface area contributed by atoms with Gasteiger partial charge in [0, 0.05) is 25.4 Å². The van der Waals surface area contributed by atoms with Crippen LogP contribution in [-0.4, -0.2) is 66.5 Å². The van der Waals surface area contributed by atoms with E-state index in [4.69, 9.17) is 4.74 Å². The lowest BCUT2D eigenvalue weighted by molar-refractivity contribution is -0.130. The number of hydrogen-bond acceptors (Lipinski definition) is 6. The summed E-state index contributed by atoms with van der Waals surface area (Å²) in [7, 11) is 0. The highest BCUT2D eigenvalue weighted by molar-refractivity contribution is 5.92. The van der Waals surface area contributed by atoms with Gasteiger partial charge >= 0.3 is 6.09 Å². The zero-order chi connectivity index (χ0) is 30.3. The summed E-state index contributed by atoms with van der Waals surface area (Å²) < 4.78 is 5.24. The van der Waals surface area contributed by atoms with E-state index in [2.05, 4.69) is 40.4 Å². The number of carbonyl (C=O) groups is 5. The highest BCUT2D eigenvalue weighted by Gasteiger charge is 2.27. The van der Waals surface area contributed by atoms with Gasteiger partial charge in [-0.05, 0) is 58.9 Å². The van der Waals surface area contributed by atoms with E-state index in [0.29, 0.717) is 12.5 Å². The standard InChI is InChI=1S/C29H47N5O6/c1-8-30-24(35)15-14-22(34-28(39)40-29(5,6)7)26(37)31-18-25(36)33-23(17-21-12-10-9-11-13-21)27(38)32-20(4)16-19(2)3/h9-13,19-20,22-23H,8,14-18H2,1-7H3,(H,30,35)(H,31,37)(H,32,38)(H,33,36)(H,34,39). The van der Waals surface area contributed by atoms with Crippen molar-refractivity contribution in [1.29, 1.82) is 0 Å². The Bertz CT molecular complexity index is 977. The number of hydrogen-bond donors (Lipinski definition) is 5. The van der Waals surface area contributed by atoms with Crippen molar-refractivity contribution in [3.63, 3.8) is 0 Å². The predicted molar refractivity (Wildman–Crippen MR) is 153 cm³/mol. The van der Waals surface area contributed by atoms with E-state index in [9.17, 15) is 24.0 Å². The van der Waals surface area contributed by atoms with Crippen molar-refractivity contribution in [2.24, 2.45) is 5.92 Å². The van der Waals surface area contributed by atoms with Gasteiger partial charge in [0.15, 0.2) is 0 Å². The minimum atomic E-state index is -1.11. The van der Waals surface area contributed by atoms with E-state index in [1.165, 1.54) is 0 Å².